The van der Waals surface area contributed by atoms with Crippen molar-refractivity contribution in [3.63, 3.8) is 0 Å². The minimum atomic E-state index is -0.730. The third-order valence-electron chi connectivity index (χ3n) is 16.0. The zero-order valence-corrected chi connectivity index (χ0v) is 54.6. The second-order valence-corrected chi connectivity index (χ2v) is 23.8. The van der Waals surface area contributed by atoms with E-state index in [1.807, 2.05) is 77.1 Å². The number of likely N-dealkylation sites (N-methyl/N-ethyl adjacent to an activating group) is 3. The van der Waals surface area contributed by atoms with Crippen LogP contribution in [0, 0.1) is 29.6 Å². The molecule has 1 aliphatic rings. The Kier molecular flexibility index (Phi) is 39.5. The Balaban J connectivity index is 1.42. The number of nitrogens with one attached hydrogen (secondary N) is 1. The van der Waals surface area contributed by atoms with Crippen LogP contribution in [0.5, 0.6) is 0 Å². The molecular formula is C64H109N5O15S. The molecule has 3 amide bonds. The van der Waals surface area contributed by atoms with Crippen molar-refractivity contribution in [3.05, 3.63) is 52.5 Å². The van der Waals surface area contributed by atoms with Gasteiger partial charge in [0.15, 0.2) is 5.78 Å². The summed E-state index contributed by atoms with van der Waals surface area (Å²) < 4.78 is 56.6. The molecule has 2 aromatic rings. The quantitative estimate of drug-likeness (QED) is 0.0649. The molecule has 0 saturated carbocycles. The minimum Gasteiger partial charge on any atom is -0.379 e. The van der Waals surface area contributed by atoms with Gasteiger partial charge in [-0.25, -0.2) is 4.98 Å². The SMILES string of the molecule is CCC(C)[C@@H]([C@@H](CC(=O)N1CCC[C@H]1[C@H](OC)[C@@H](C)C(=O)C[C@@H](Cc1ccccc1)c1nccs1)OC)N(C)C(=O)[C@@H](CC(=O)[C@H](C(C)C)N(C)C(=O)CCCOCCOCCOCCOCCOCCOCCOCCOCCNC)C(C)C. The van der Waals surface area contributed by atoms with Crippen molar-refractivity contribution in [1.29, 1.82) is 0 Å². The first-order valence-electron chi connectivity index (χ1n) is 31.1. The lowest BCUT2D eigenvalue weighted by molar-refractivity contribution is -0.149. The van der Waals surface area contributed by atoms with E-state index in [0.717, 1.165) is 23.5 Å². The standard InChI is InChI=1S/C64H109N5O15S/c1-13-49(6)61(57(75-11)46-59(73)69-25-17-21-54(69)62(76-12)50(7)55(70)44-52(63-66-24-42-85-63)43-51-19-15-14-16-20-51)68(10)64(74)53(47(2)3)45-56(71)60(48(4)5)67(9)58(72)22-18-26-77-28-30-79-32-34-81-36-38-83-40-41-84-39-37-82-35-33-80-31-29-78-27-23-65-8/h14-16,19-20,24,42,47-50,52-54,57,60-62,65H,13,17-18,21-23,25-41,43-46H2,1-12H3/t49?,50-,52+,53-,54-,57+,60-,61-,62+/m0/s1. The highest BCUT2D eigenvalue weighted by atomic mass is 32.1. The number of carbonyl (C=O) groups is 5. The molecule has 0 bridgehead atoms. The molecule has 486 valence electrons. The molecule has 21 heteroatoms. The van der Waals surface area contributed by atoms with E-state index in [1.54, 1.807) is 50.7 Å². The largest absolute Gasteiger partial charge is 0.379 e. The number of nitrogens with zero attached hydrogens (tertiary/aromatic N) is 4. The van der Waals surface area contributed by atoms with E-state index < -0.39 is 36.1 Å². The molecule has 20 nitrogen and oxygen atoms in total. The number of ether oxygens (including phenoxy) is 10. The van der Waals surface area contributed by atoms with E-state index in [2.05, 4.69) is 29.4 Å². The van der Waals surface area contributed by atoms with Gasteiger partial charge in [0.25, 0.3) is 0 Å². The predicted molar refractivity (Wildman–Crippen MR) is 330 cm³/mol. The van der Waals surface area contributed by atoms with E-state index in [0.29, 0.717) is 144 Å². The molecule has 1 aliphatic heterocycles. The summed E-state index contributed by atoms with van der Waals surface area (Å²) in [6, 6.07) is 8.60. The Labute approximate surface area is 513 Å². The number of thiazole rings is 1. The molecule has 3 rings (SSSR count). The third-order valence-corrected chi connectivity index (χ3v) is 17.0. The van der Waals surface area contributed by atoms with Gasteiger partial charge in [-0.15, -0.1) is 11.3 Å². The van der Waals surface area contributed by atoms with E-state index in [4.69, 9.17) is 47.4 Å². The Morgan fingerprint density at radius 2 is 1.22 bits per heavy atom. The number of carbonyl (C=O) groups excluding carboxylic acids is 5. The summed E-state index contributed by atoms with van der Waals surface area (Å²) >= 11 is 1.56. The van der Waals surface area contributed by atoms with E-state index >= 15 is 0 Å². The second-order valence-electron chi connectivity index (χ2n) is 22.8. The lowest BCUT2D eigenvalue weighted by Gasteiger charge is -2.41. The van der Waals surface area contributed by atoms with Crippen molar-refractivity contribution in [3.8, 4) is 0 Å². The fourth-order valence-corrected chi connectivity index (χ4v) is 11.8. The minimum absolute atomic E-state index is 0.0184. The Bertz CT molecular complexity index is 2090. The van der Waals surface area contributed by atoms with Gasteiger partial charge in [0.05, 0.1) is 141 Å². The molecule has 0 aliphatic carbocycles. The molecular weight excluding hydrogens is 1110 g/mol. The molecule has 9 atom stereocenters. The highest BCUT2D eigenvalue weighted by Gasteiger charge is 2.44. The number of hydrogen-bond donors (Lipinski definition) is 1. The van der Waals surface area contributed by atoms with Crippen LogP contribution in [0.3, 0.4) is 0 Å². The van der Waals surface area contributed by atoms with Gasteiger partial charge >= 0.3 is 0 Å². The molecule has 2 heterocycles. The molecule has 1 saturated heterocycles. The van der Waals surface area contributed by atoms with Crippen molar-refractivity contribution in [2.75, 3.05) is 154 Å². The van der Waals surface area contributed by atoms with Crippen LogP contribution < -0.4 is 5.32 Å². The maximum Gasteiger partial charge on any atom is 0.226 e. The Morgan fingerprint density at radius 3 is 1.69 bits per heavy atom. The van der Waals surface area contributed by atoms with Gasteiger partial charge in [0, 0.05) is 96.6 Å². The van der Waals surface area contributed by atoms with Crippen LogP contribution in [0.15, 0.2) is 41.9 Å². The van der Waals surface area contributed by atoms with Gasteiger partial charge in [0.2, 0.25) is 17.7 Å². The molecule has 1 aromatic carbocycles. The van der Waals surface area contributed by atoms with Crippen molar-refractivity contribution in [1.82, 2.24) is 25.0 Å². The first kappa shape index (κ1) is 75.4. The number of ketones is 2. The van der Waals surface area contributed by atoms with E-state index in [1.165, 1.54) is 4.90 Å². The fourth-order valence-electron chi connectivity index (χ4n) is 11.1. The molecule has 1 aromatic heterocycles. The van der Waals surface area contributed by atoms with Crippen LogP contribution in [-0.4, -0.2) is 233 Å². The number of Topliss-reactive ketones (excluding diaryl/α,β-unsaturated/α-hetero) is 2. The van der Waals surface area contributed by atoms with Crippen LogP contribution in [0.1, 0.15) is 116 Å². The first-order chi connectivity index (χ1) is 41.0. The second kappa shape index (κ2) is 44.6. The van der Waals surface area contributed by atoms with Crippen LogP contribution in [0.4, 0.5) is 0 Å². The fraction of sp³-hybridized carbons (Fsp3) is 0.781. The lowest BCUT2D eigenvalue weighted by atomic mass is 9.83. The zero-order valence-electron chi connectivity index (χ0n) is 53.8. The first-order valence-corrected chi connectivity index (χ1v) is 32.0. The van der Waals surface area contributed by atoms with Crippen molar-refractivity contribution < 1.29 is 71.3 Å². The van der Waals surface area contributed by atoms with Gasteiger partial charge < -0.3 is 67.4 Å². The average Bonchev–Trinajstić information content (AvgIpc) is 3.51. The molecule has 1 fully saturated rings. The summed E-state index contributed by atoms with van der Waals surface area (Å²) in [6.07, 6.45) is 4.41. The molecule has 1 unspecified atom stereocenters. The number of amides is 3. The molecule has 1 N–H and O–H groups in total. The lowest BCUT2D eigenvalue weighted by Crippen LogP contribution is -2.54. The number of aromatic nitrogens is 1. The van der Waals surface area contributed by atoms with Crippen molar-refractivity contribution in [2.45, 2.75) is 143 Å². The third kappa shape index (κ3) is 28.0. The number of rotatable bonds is 51. The highest BCUT2D eigenvalue weighted by molar-refractivity contribution is 7.09. The summed E-state index contributed by atoms with van der Waals surface area (Å²) in [5.74, 6) is -2.32. The van der Waals surface area contributed by atoms with Gasteiger partial charge in [0.1, 0.15) is 5.78 Å². The van der Waals surface area contributed by atoms with Gasteiger partial charge in [-0.05, 0) is 56.0 Å². The van der Waals surface area contributed by atoms with Gasteiger partial charge in [-0.2, -0.15) is 0 Å². The summed E-state index contributed by atoms with van der Waals surface area (Å²) in [7, 11) is 8.49. The maximum absolute atomic E-state index is 14.8. The average molecular weight is 1220 g/mol. The predicted octanol–water partition coefficient (Wildman–Crippen LogP) is 7.20. The molecule has 85 heavy (non-hydrogen) atoms. The van der Waals surface area contributed by atoms with Crippen LogP contribution in [-0.2, 0) is 77.8 Å². The zero-order chi connectivity index (χ0) is 62.4. The normalized spacial score (nSPS) is 16.5. The summed E-state index contributed by atoms with van der Waals surface area (Å²) in [6.45, 7) is 22.6. The van der Waals surface area contributed by atoms with Crippen molar-refractivity contribution >= 4 is 40.6 Å². The Hall–Kier alpha value is -3.84. The number of hydrogen-bond acceptors (Lipinski definition) is 18. The number of benzene rings is 1. The van der Waals surface area contributed by atoms with Crippen LogP contribution in [0.2, 0.25) is 0 Å². The summed E-state index contributed by atoms with van der Waals surface area (Å²) in [4.78, 5) is 81.1. The summed E-state index contributed by atoms with van der Waals surface area (Å²) in [5.41, 5.74) is 1.14. The monoisotopic (exact) mass is 1220 g/mol. The van der Waals surface area contributed by atoms with Crippen molar-refractivity contribution in [2.24, 2.45) is 29.6 Å². The van der Waals surface area contributed by atoms with E-state index in [-0.39, 0.29) is 78.3 Å². The molecule has 0 spiro atoms. The molecule has 0 radical (unpaired) electrons. The van der Waals surface area contributed by atoms with Crippen LogP contribution >= 0.6 is 11.3 Å². The van der Waals surface area contributed by atoms with Gasteiger partial charge in [-0.3, -0.25) is 24.0 Å². The number of likely N-dealkylation sites (tertiary alicyclic amines) is 1. The topological polar surface area (TPSA) is 212 Å². The van der Waals surface area contributed by atoms with E-state index in [9.17, 15) is 24.0 Å². The number of methoxy groups -OCH3 is 2. The maximum atomic E-state index is 14.8. The smallest absolute Gasteiger partial charge is 0.226 e. The Morgan fingerprint density at radius 1 is 0.682 bits per heavy atom. The van der Waals surface area contributed by atoms with Gasteiger partial charge in [-0.1, -0.05) is 85.2 Å². The highest BCUT2D eigenvalue weighted by Crippen LogP contribution is 2.34. The van der Waals surface area contributed by atoms with Crippen LogP contribution in [0.25, 0.3) is 0 Å². The summed E-state index contributed by atoms with van der Waals surface area (Å²) in [5, 5.41) is 5.89.